The summed E-state index contributed by atoms with van der Waals surface area (Å²) in [4.78, 5) is 0. The lowest BCUT2D eigenvalue weighted by Gasteiger charge is -2.34. The minimum absolute atomic E-state index is 0.307. The lowest BCUT2D eigenvalue weighted by Crippen LogP contribution is -2.38. The second kappa shape index (κ2) is 7.46. The molecule has 1 heterocycles. The number of hydrogen-bond donors (Lipinski definition) is 1. The second-order valence-corrected chi connectivity index (χ2v) is 7.82. The average molecular weight is 293 g/mol. The molecule has 21 heavy (non-hydrogen) atoms. The Labute approximate surface area is 131 Å². The molecule has 0 aromatic heterocycles. The van der Waals surface area contributed by atoms with Crippen molar-refractivity contribution in [3.63, 3.8) is 0 Å². The summed E-state index contributed by atoms with van der Waals surface area (Å²) in [6, 6.07) is 0.754. The van der Waals surface area contributed by atoms with Gasteiger partial charge in [0.1, 0.15) is 0 Å². The third kappa shape index (κ3) is 4.01. The Kier molecular flexibility index (Phi) is 5.61. The molecule has 3 unspecified atom stereocenters. The van der Waals surface area contributed by atoms with Crippen LogP contribution < -0.4 is 5.32 Å². The van der Waals surface area contributed by atoms with Crippen molar-refractivity contribution >= 4 is 0 Å². The van der Waals surface area contributed by atoms with Crippen LogP contribution in [0.15, 0.2) is 0 Å². The van der Waals surface area contributed by atoms with Gasteiger partial charge < -0.3 is 10.1 Å². The fourth-order valence-electron chi connectivity index (χ4n) is 5.16. The fourth-order valence-corrected chi connectivity index (χ4v) is 5.16. The van der Waals surface area contributed by atoms with E-state index in [-0.39, 0.29) is 0 Å². The Balaban J connectivity index is 1.54. The molecule has 122 valence electrons. The van der Waals surface area contributed by atoms with Gasteiger partial charge in [-0.05, 0) is 57.4 Å². The van der Waals surface area contributed by atoms with E-state index in [9.17, 15) is 0 Å². The zero-order chi connectivity index (χ0) is 14.5. The monoisotopic (exact) mass is 293 g/mol. The van der Waals surface area contributed by atoms with E-state index in [0.717, 1.165) is 18.5 Å². The predicted octanol–water partition coefficient (Wildman–Crippen LogP) is 4.82. The summed E-state index contributed by atoms with van der Waals surface area (Å²) in [5.74, 6) is 0.858. The maximum Gasteiger partial charge on any atom is 0.0687 e. The summed E-state index contributed by atoms with van der Waals surface area (Å²) >= 11 is 0. The highest BCUT2D eigenvalue weighted by Crippen LogP contribution is 2.44. The lowest BCUT2D eigenvalue weighted by atomic mass is 9.82. The van der Waals surface area contributed by atoms with Crippen LogP contribution in [0.3, 0.4) is 0 Å². The molecule has 0 radical (unpaired) electrons. The van der Waals surface area contributed by atoms with E-state index in [1.54, 1.807) is 0 Å². The minimum atomic E-state index is 0.307. The standard InChI is InChI=1S/C19H35NO/c1-2-20-18-10-6-3-5-9-16(18)15-17-11-14-19(21-17)12-7-4-8-13-19/h16-18,20H,2-15H2,1H3. The smallest absolute Gasteiger partial charge is 0.0687 e. The van der Waals surface area contributed by atoms with E-state index >= 15 is 0 Å². The summed E-state index contributed by atoms with van der Waals surface area (Å²) < 4.78 is 6.63. The van der Waals surface area contributed by atoms with E-state index < -0.39 is 0 Å². The first-order chi connectivity index (χ1) is 10.3. The molecule has 3 atom stereocenters. The maximum atomic E-state index is 6.63. The molecule has 1 aliphatic heterocycles. The van der Waals surface area contributed by atoms with Crippen molar-refractivity contribution in [3.8, 4) is 0 Å². The molecule has 3 rings (SSSR count). The zero-order valence-electron chi connectivity index (χ0n) is 14.0. The van der Waals surface area contributed by atoms with Crippen LogP contribution >= 0.6 is 0 Å². The molecule has 3 aliphatic rings. The summed E-state index contributed by atoms with van der Waals surface area (Å²) in [5.41, 5.74) is 0.307. The fraction of sp³-hybridized carbons (Fsp3) is 1.00. The van der Waals surface area contributed by atoms with Crippen LogP contribution in [0.2, 0.25) is 0 Å². The van der Waals surface area contributed by atoms with Gasteiger partial charge in [-0.3, -0.25) is 0 Å². The van der Waals surface area contributed by atoms with E-state index in [0.29, 0.717) is 11.7 Å². The van der Waals surface area contributed by atoms with E-state index in [2.05, 4.69) is 12.2 Å². The topological polar surface area (TPSA) is 21.3 Å². The van der Waals surface area contributed by atoms with Crippen molar-refractivity contribution in [1.82, 2.24) is 5.32 Å². The Hall–Kier alpha value is -0.0800. The van der Waals surface area contributed by atoms with Gasteiger partial charge in [0, 0.05) is 6.04 Å². The highest BCUT2D eigenvalue weighted by atomic mass is 16.5. The van der Waals surface area contributed by atoms with E-state index in [4.69, 9.17) is 4.74 Å². The Morgan fingerprint density at radius 2 is 1.67 bits per heavy atom. The SMILES string of the molecule is CCNC1CCCCCC1CC1CCC2(CCCCC2)O1. The number of hydrogen-bond acceptors (Lipinski definition) is 2. The first-order valence-corrected chi connectivity index (χ1v) is 9.72. The van der Waals surface area contributed by atoms with Gasteiger partial charge in [-0.25, -0.2) is 0 Å². The van der Waals surface area contributed by atoms with Gasteiger partial charge in [0.05, 0.1) is 11.7 Å². The van der Waals surface area contributed by atoms with Crippen LogP contribution in [0.4, 0.5) is 0 Å². The number of ether oxygens (including phenoxy) is 1. The largest absolute Gasteiger partial charge is 0.372 e. The van der Waals surface area contributed by atoms with Crippen LogP contribution in [0.25, 0.3) is 0 Å². The van der Waals surface area contributed by atoms with Crippen LogP contribution in [-0.4, -0.2) is 24.3 Å². The lowest BCUT2D eigenvalue weighted by molar-refractivity contribution is -0.0713. The Morgan fingerprint density at radius 3 is 2.48 bits per heavy atom. The normalized spacial score (nSPS) is 36.7. The van der Waals surface area contributed by atoms with Crippen molar-refractivity contribution in [2.75, 3.05) is 6.54 Å². The maximum absolute atomic E-state index is 6.63. The highest BCUT2D eigenvalue weighted by Gasteiger charge is 2.41. The first kappa shape index (κ1) is 15.8. The van der Waals surface area contributed by atoms with Gasteiger partial charge in [0.2, 0.25) is 0 Å². The first-order valence-electron chi connectivity index (χ1n) is 9.72. The number of rotatable bonds is 4. The molecule has 1 saturated heterocycles. The molecule has 0 amide bonds. The van der Waals surface area contributed by atoms with Crippen LogP contribution in [0, 0.1) is 5.92 Å². The van der Waals surface area contributed by atoms with E-state index in [1.165, 1.54) is 83.5 Å². The van der Waals surface area contributed by atoms with Crippen molar-refractivity contribution in [2.24, 2.45) is 5.92 Å². The van der Waals surface area contributed by atoms with Crippen molar-refractivity contribution in [2.45, 2.75) is 108 Å². The zero-order valence-corrected chi connectivity index (χ0v) is 14.0. The molecule has 2 aliphatic carbocycles. The Morgan fingerprint density at radius 1 is 0.905 bits per heavy atom. The van der Waals surface area contributed by atoms with Crippen LogP contribution in [-0.2, 0) is 4.74 Å². The highest BCUT2D eigenvalue weighted by molar-refractivity contribution is 4.93. The summed E-state index contributed by atoms with van der Waals surface area (Å²) in [5, 5.41) is 3.76. The van der Waals surface area contributed by atoms with Gasteiger partial charge in [-0.2, -0.15) is 0 Å². The summed E-state index contributed by atoms with van der Waals surface area (Å²) in [6.45, 7) is 3.38. The van der Waals surface area contributed by atoms with Gasteiger partial charge in [-0.1, -0.05) is 45.4 Å². The van der Waals surface area contributed by atoms with Crippen molar-refractivity contribution in [3.05, 3.63) is 0 Å². The third-order valence-corrected chi connectivity index (χ3v) is 6.29. The molecule has 2 saturated carbocycles. The molecule has 0 bridgehead atoms. The second-order valence-electron chi connectivity index (χ2n) is 7.82. The number of nitrogens with one attached hydrogen (secondary N) is 1. The molecule has 1 N–H and O–H groups in total. The van der Waals surface area contributed by atoms with Crippen LogP contribution in [0.5, 0.6) is 0 Å². The molecule has 0 aromatic rings. The van der Waals surface area contributed by atoms with Crippen LogP contribution in [0.1, 0.15) is 90.4 Å². The molecule has 2 nitrogen and oxygen atoms in total. The van der Waals surface area contributed by atoms with Gasteiger partial charge in [0.15, 0.2) is 0 Å². The van der Waals surface area contributed by atoms with Crippen molar-refractivity contribution in [1.29, 1.82) is 0 Å². The van der Waals surface area contributed by atoms with Crippen molar-refractivity contribution < 1.29 is 4.74 Å². The molecule has 2 heteroatoms. The van der Waals surface area contributed by atoms with E-state index in [1.807, 2.05) is 0 Å². The predicted molar refractivity (Wildman–Crippen MR) is 88.6 cm³/mol. The van der Waals surface area contributed by atoms with Gasteiger partial charge in [-0.15, -0.1) is 0 Å². The summed E-state index contributed by atoms with van der Waals surface area (Å²) in [7, 11) is 0. The van der Waals surface area contributed by atoms with Gasteiger partial charge in [0.25, 0.3) is 0 Å². The summed E-state index contributed by atoms with van der Waals surface area (Å²) in [6.07, 6.45) is 18.6. The molecule has 0 aromatic carbocycles. The molecule has 1 spiro atoms. The molecular weight excluding hydrogens is 258 g/mol. The van der Waals surface area contributed by atoms with Gasteiger partial charge >= 0.3 is 0 Å². The quantitative estimate of drug-likeness (QED) is 0.751. The molecule has 3 fully saturated rings. The Bertz CT molecular complexity index is 311. The molecular formula is C19H35NO. The minimum Gasteiger partial charge on any atom is -0.372 e. The third-order valence-electron chi connectivity index (χ3n) is 6.29. The average Bonchev–Trinajstić information content (AvgIpc) is 2.74.